The molecule has 2 N–H and O–H groups in total. The molecule has 0 spiro atoms. The van der Waals surface area contributed by atoms with Crippen molar-refractivity contribution in [3.05, 3.63) is 40.1 Å². The molecule has 16 heteroatoms. The number of hydrogen-bond acceptors (Lipinski definition) is 8. The third-order valence-corrected chi connectivity index (χ3v) is 6.22. The van der Waals surface area contributed by atoms with Gasteiger partial charge >= 0.3 is 12.4 Å². The van der Waals surface area contributed by atoms with Crippen molar-refractivity contribution in [3.8, 4) is 0 Å². The van der Waals surface area contributed by atoms with Crippen LogP contribution in [0.1, 0.15) is 18.1 Å². The smallest absolute Gasteiger partial charge is 0.379 e. The number of aromatic nitrogens is 4. The molecular formula is C21H24F6N8O2. The van der Waals surface area contributed by atoms with E-state index in [0.29, 0.717) is 45.8 Å². The fourth-order valence-electron chi connectivity index (χ4n) is 4.38. The highest BCUT2D eigenvalue weighted by Gasteiger charge is 2.39. The van der Waals surface area contributed by atoms with Gasteiger partial charge in [-0.3, -0.25) is 14.5 Å². The van der Waals surface area contributed by atoms with E-state index < -0.39 is 40.8 Å². The second kappa shape index (κ2) is 10.1. The lowest BCUT2D eigenvalue weighted by Gasteiger charge is -2.43. The SMILES string of the molecule is CC(CN1CC(C(=O)N2CCN(c3ncc(C(F)(F)F)cn3)CC2)C1)Nc1cn[nH]c(=O)c1C(F)(F)F. The minimum Gasteiger partial charge on any atom is -0.379 e. The largest absolute Gasteiger partial charge is 0.423 e. The zero-order valence-corrected chi connectivity index (χ0v) is 19.6. The lowest BCUT2D eigenvalue weighted by molar-refractivity contribution is -0.141. The Balaban J connectivity index is 1.23. The standard InChI is InChI=1S/C21H24F6N8O2/c1-12(31-15-8-30-32-17(36)16(15)21(25,26)27)9-33-10-13(11-33)18(37)34-2-4-35(5-3-34)19-28-6-14(7-29-19)20(22,23)24/h6-8,12-13H,2-5,9-11H2,1H3,(H2,31,32,36). The zero-order chi connectivity index (χ0) is 27.0. The molecule has 1 unspecified atom stereocenters. The highest BCUT2D eigenvalue weighted by Crippen LogP contribution is 2.32. The molecule has 2 fully saturated rings. The van der Waals surface area contributed by atoms with Crippen molar-refractivity contribution in [2.75, 3.05) is 56.0 Å². The summed E-state index contributed by atoms with van der Waals surface area (Å²) in [6.45, 7) is 4.38. The predicted octanol–water partition coefficient (Wildman–Crippen LogP) is 1.68. The Morgan fingerprint density at radius 2 is 1.68 bits per heavy atom. The topological polar surface area (TPSA) is 110 Å². The lowest BCUT2D eigenvalue weighted by Crippen LogP contribution is -2.59. The normalized spacial score (nSPS) is 18.5. The molecule has 1 atom stereocenters. The van der Waals surface area contributed by atoms with Crippen molar-refractivity contribution in [2.24, 2.45) is 5.92 Å². The van der Waals surface area contributed by atoms with Crippen molar-refractivity contribution in [2.45, 2.75) is 25.3 Å². The molecule has 202 valence electrons. The van der Waals surface area contributed by atoms with Crippen molar-refractivity contribution in [3.63, 3.8) is 0 Å². The number of carbonyl (C=O) groups excluding carboxylic acids is 1. The second-order valence-electron chi connectivity index (χ2n) is 9.03. The van der Waals surface area contributed by atoms with Crippen LogP contribution in [-0.2, 0) is 17.1 Å². The van der Waals surface area contributed by atoms with E-state index in [9.17, 15) is 35.9 Å². The third kappa shape index (κ3) is 6.11. The highest BCUT2D eigenvalue weighted by atomic mass is 19.4. The number of likely N-dealkylation sites (tertiary alicyclic amines) is 1. The number of hydrogen-bond donors (Lipinski definition) is 2. The lowest BCUT2D eigenvalue weighted by atomic mass is 9.97. The summed E-state index contributed by atoms with van der Waals surface area (Å²) in [6.07, 6.45) is -6.98. The summed E-state index contributed by atoms with van der Waals surface area (Å²) < 4.78 is 77.7. The summed E-state index contributed by atoms with van der Waals surface area (Å²) in [4.78, 5) is 37.3. The number of piperazine rings is 1. The van der Waals surface area contributed by atoms with Gasteiger partial charge in [-0.25, -0.2) is 15.1 Å². The van der Waals surface area contributed by atoms with Crippen LogP contribution in [0.3, 0.4) is 0 Å². The summed E-state index contributed by atoms with van der Waals surface area (Å²) in [7, 11) is 0. The van der Waals surface area contributed by atoms with Crippen LogP contribution in [0, 0.1) is 5.92 Å². The first-order valence-electron chi connectivity index (χ1n) is 11.4. The van der Waals surface area contributed by atoms with Gasteiger partial charge in [-0.05, 0) is 6.92 Å². The first-order valence-corrected chi connectivity index (χ1v) is 11.4. The van der Waals surface area contributed by atoms with Crippen molar-refractivity contribution < 1.29 is 31.1 Å². The van der Waals surface area contributed by atoms with Crippen LogP contribution >= 0.6 is 0 Å². The molecule has 4 heterocycles. The number of carbonyl (C=O) groups is 1. The van der Waals surface area contributed by atoms with E-state index in [0.717, 1.165) is 18.6 Å². The maximum absolute atomic E-state index is 13.2. The third-order valence-electron chi connectivity index (χ3n) is 6.22. The van der Waals surface area contributed by atoms with Crippen LogP contribution < -0.4 is 15.8 Å². The van der Waals surface area contributed by atoms with E-state index in [1.165, 1.54) is 0 Å². The predicted molar refractivity (Wildman–Crippen MR) is 119 cm³/mol. The van der Waals surface area contributed by atoms with Crippen LogP contribution in [0.4, 0.5) is 38.0 Å². The molecule has 0 aliphatic carbocycles. The van der Waals surface area contributed by atoms with Gasteiger partial charge in [-0.2, -0.15) is 31.4 Å². The van der Waals surface area contributed by atoms with Gasteiger partial charge in [0.05, 0.1) is 23.4 Å². The highest BCUT2D eigenvalue weighted by molar-refractivity contribution is 5.80. The van der Waals surface area contributed by atoms with E-state index >= 15 is 0 Å². The first-order chi connectivity index (χ1) is 17.3. The first kappa shape index (κ1) is 26.6. The number of nitrogens with one attached hydrogen (secondary N) is 2. The van der Waals surface area contributed by atoms with Crippen LogP contribution in [0.2, 0.25) is 0 Å². The average Bonchev–Trinajstić information content (AvgIpc) is 2.79. The molecule has 2 aliphatic rings. The van der Waals surface area contributed by atoms with Gasteiger partial charge in [0.15, 0.2) is 0 Å². The molecule has 0 saturated carbocycles. The van der Waals surface area contributed by atoms with Gasteiger partial charge in [0.2, 0.25) is 11.9 Å². The van der Waals surface area contributed by atoms with E-state index in [-0.39, 0.29) is 17.8 Å². The number of alkyl halides is 6. The molecule has 0 bridgehead atoms. The maximum Gasteiger partial charge on any atom is 0.423 e. The van der Waals surface area contributed by atoms with Gasteiger partial charge in [0, 0.05) is 64.2 Å². The molecule has 2 aromatic heterocycles. The minimum atomic E-state index is -4.84. The molecular weight excluding hydrogens is 510 g/mol. The van der Waals surface area contributed by atoms with Gasteiger partial charge < -0.3 is 15.1 Å². The van der Waals surface area contributed by atoms with Gasteiger partial charge in [0.25, 0.3) is 5.56 Å². The molecule has 2 aromatic rings. The number of amides is 1. The number of halogens is 6. The molecule has 10 nitrogen and oxygen atoms in total. The van der Waals surface area contributed by atoms with Crippen molar-refractivity contribution >= 4 is 17.5 Å². The zero-order valence-electron chi connectivity index (χ0n) is 19.6. The number of aromatic amines is 1. The molecule has 2 saturated heterocycles. The Morgan fingerprint density at radius 1 is 1.05 bits per heavy atom. The summed E-state index contributed by atoms with van der Waals surface area (Å²) >= 11 is 0. The number of H-pyrrole nitrogens is 1. The quantitative estimate of drug-likeness (QED) is 0.539. The van der Waals surface area contributed by atoms with Crippen molar-refractivity contribution in [1.29, 1.82) is 0 Å². The molecule has 0 radical (unpaired) electrons. The molecule has 2 aliphatic heterocycles. The Labute approximate surface area is 206 Å². The second-order valence-corrected chi connectivity index (χ2v) is 9.03. The van der Waals surface area contributed by atoms with Crippen LogP contribution in [0.15, 0.2) is 23.4 Å². The fraction of sp³-hybridized carbons (Fsp3) is 0.571. The summed E-state index contributed by atoms with van der Waals surface area (Å²) in [5, 5.41) is 7.89. The summed E-state index contributed by atoms with van der Waals surface area (Å²) in [5.41, 5.74) is -4.01. The molecule has 4 rings (SSSR count). The van der Waals surface area contributed by atoms with Crippen LogP contribution in [0.5, 0.6) is 0 Å². The number of anilines is 2. The van der Waals surface area contributed by atoms with Gasteiger partial charge in [-0.1, -0.05) is 0 Å². The minimum absolute atomic E-state index is 0.0528. The summed E-state index contributed by atoms with van der Waals surface area (Å²) in [5.74, 6) is -0.142. The average molecular weight is 534 g/mol. The molecule has 0 aromatic carbocycles. The van der Waals surface area contributed by atoms with Crippen LogP contribution in [0.25, 0.3) is 0 Å². The Morgan fingerprint density at radius 3 is 2.24 bits per heavy atom. The fourth-order valence-corrected chi connectivity index (χ4v) is 4.38. The van der Waals surface area contributed by atoms with E-state index in [4.69, 9.17) is 0 Å². The Kier molecular flexibility index (Phi) is 7.30. The van der Waals surface area contributed by atoms with E-state index in [1.807, 2.05) is 4.90 Å². The summed E-state index contributed by atoms with van der Waals surface area (Å²) in [6, 6.07) is -0.451. The number of nitrogens with zero attached hydrogens (tertiary/aromatic N) is 6. The monoisotopic (exact) mass is 534 g/mol. The Bertz CT molecular complexity index is 1160. The molecule has 37 heavy (non-hydrogen) atoms. The van der Waals surface area contributed by atoms with Crippen molar-refractivity contribution in [1.82, 2.24) is 30.0 Å². The van der Waals surface area contributed by atoms with E-state index in [2.05, 4.69) is 20.4 Å². The maximum atomic E-state index is 13.2. The number of rotatable bonds is 6. The van der Waals surface area contributed by atoms with Gasteiger partial charge in [0.1, 0.15) is 5.56 Å². The van der Waals surface area contributed by atoms with Crippen LogP contribution in [-0.4, -0.2) is 87.7 Å². The van der Waals surface area contributed by atoms with Gasteiger partial charge in [-0.15, -0.1) is 0 Å². The molecule has 1 amide bonds. The Hall–Kier alpha value is -3.43. The van der Waals surface area contributed by atoms with E-state index in [1.54, 1.807) is 21.8 Å².